The molecule has 28 heavy (non-hydrogen) atoms. The van der Waals surface area contributed by atoms with Crippen molar-refractivity contribution in [2.24, 2.45) is 11.8 Å². The van der Waals surface area contributed by atoms with Crippen molar-refractivity contribution in [3.05, 3.63) is 101 Å². The van der Waals surface area contributed by atoms with Gasteiger partial charge in [0, 0.05) is 23.0 Å². The van der Waals surface area contributed by atoms with E-state index in [1.807, 2.05) is 0 Å². The number of nitrogens with zero attached hydrogens (tertiary/aromatic N) is 1. The van der Waals surface area contributed by atoms with E-state index in [0.29, 0.717) is 11.8 Å². The second kappa shape index (κ2) is 7.31. The zero-order valence-corrected chi connectivity index (χ0v) is 16.5. The molecule has 2 aromatic carbocycles. The molecule has 2 aromatic rings. The summed E-state index contributed by atoms with van der Waals surface area (Å²) in [6, 6.07) is 15.7. The van der Waals surface area contributed by atoms with E-state index in [2.05, 4.69) is 96.8 Å². The van der Waals surface area contributed by atoms with Crippen LogP contribution < -0.4 is 4.90 Å². The smallest absolute Gasteiger partial charge is 0.0490 e. The molecule has 0 amide bonds. The summed E-state index contributed by atoms with van der Waals surface area (Å²) in [6.45, 7) is 2.21. The van der Waals surface area contributed by atoms with Crippen LogP contribution in [0.15, 0.2) is 84.6 Å². The van der Waals surface area contributed by atoms with E-state index in [1.54, 1.807) is 0 Å². The molecule has 1 nitrogen and oxygen atoms in total. The molecule has 0 saturated heterocycles. The first-order chi connectivity index (χ1) is 13.8. The lowest BCUT2D eigenvalue weighted by molar-refractivity contribution is 0.488. The van der Waals surface area contributed by atoms with Gasteiger partial charge < -0.3 is 4.90 Å². The lowest BCUT2D eigenvalue weighted by Crippen LogP contribution is -2.23. The second-order valence-corrected chi connectivity index (χ2v) is 8.14. The van der Waals surface area contributed by atoms with Gasteiger partial charge in [-0.15, -0.1) is 0 Å². The standard InChI is InChI=1S/C27H27N/c1-20-8-2-7-13-27(20)28(25-16-14-21-9-3-5-11-23(21)18-25)26-17-15-22-10-4-6-12-24(22)19-26/h2-3,6-9,12-19,21,23H,4-5,10-11H2,1H3. The molecule has 3 aliphatic rings. The number of benzene rings is 2. The van der Waals surface area contributed by atoms with Crippen LogP contribution in [0.4, 0.5) is 11.4 Å². The molecule has 2 atom stereocenters. The second-order valence-electron chi connectivity index (χ2n) is 8.14. The van der Waals surface area contributed by atoms with Gasteiger partial charge in [-0.1, -0.05) is 60.7 Å². The Morgan fingerprint density at radius 3 is 2.79 bits per heavy atom. The number of fused-ring (bicyclic) bond motifs is 2. The molecule has 0 heterocycles. The first-order valence-electron chi connectivity index (χ1n) is 10.5. The van der Waals surface area contributed by atoms with E-state index >= 15 is 0 Å². The minimum atomic E-state index is 0.558. The quantitative estimate of drug-likeness (QED) is 0.523. The van der Waals surface area contributed by atoms with Crippen LogP contribution in [0.1, 0.15) is 36.0 Å². The van der Waals surface area contributed by atoms with Crippen LogP contribution >= 0.6 is 0 Å². The molecule has 140 valence electrons. The molecule has 3 aliphatic carbocycles. The van der Waals surface area contributed by atoms with E-state index in [-0.39, 0.29) is 0 Å². The topological polar surface area (TPSA) is 3.24 Å². The molecule has 0 fully saturated rings. The summed E-state index contributed by atoms with van der Waals surface area (Å²) >= 11 is 0. The maximum absolute atomic E-state index is 2.50. The predicted molar refractivity (Wildman–Crippen MR) is 120 cm³/mol. The Bertz CT molecular complexity index is 1000. The van der Waals surface area contributed by atoms with Crippen molar-refractivity contribution < 1.29 is 0 Å². The zero-order valence-electron chi connectivity index (χ0n) is 16.5. The van der Waals surface area contributed by atoms with Crippen LogP contribution in [0, 0.1) is 18.8 Å². The number of allylic oxidation sites excluding steroid dienone is 6. The van der Waals surface area contributed by atoms with E-state index in [1.165, 1.54) is 46.6 Å². The van der Waals surface area contributed by atoms with E-state index in [4.69, 9.17) is 0 Å². The highest BCUT2D eigenvalue weighted by Crippen LogP contribution is 2.39. The van der Waals surface area contributed by atoms with Crippen LogP contribution in [0.2, 0.25) is 0 Å². The average Bonchev–Trinajstić information content (AvgIpc) is 2.75. The first kappa shape index (κ1) is 17.3. The molecule has 0 aliphatic heterocycles. The van der Waals surface area contributed by atoms with Crippen molar-refractivity contribution in [3.63, 3.8) is 0 Å². The molecule has 2 unspecified atom stereocenters. The Kier molecular flexibility index (Phi) is 4.52. The van der Waals surface area contributed by atoms with E-state index < -0.39 is 0 Å². The van der Waals surface area contributed by atoms with Crippen molar-refractivity contribution in [1.82, 2.24) is 0 Å². The summed E-state index contributed by atoms with van der Waals surface area (Å²) < 4.78 is 0. The third kappa shape index (κ3) is 3.16. The normalized spacial score (nSPS) is 22.4. The van der Waals surface area contributed by atoms with Gasteiger partial charge in [-0.3, -0.25) is 0 Å². The minimum Gasteiger partial charge on any atom is -0.311 e. The summed E-state index contributed by atoms with van der Waals surface area (Å²) in [4.78, 5) is 2.45. The van der Waals surface area contributed by atoms with Gasteiger partial charge in [-0.25, -0.2) is 0 Å². The number of aryl methyl sites for hydroxylation is 2. The van der Waals surface area contributed by atoms with Gasteiger partial charge in [0.1, 0.15) is 0 Å². The first-order valence-corrected chi connectivity index (χ1v) is 10.5. The van der Waals surface area contributed by atoms with Gasteiger partial charge >= 0.3 is 0 Å². The lowest BCUT2D eigenvalue weighted by atomic mass is 9.80. The fourth-order valence-corrected chi connectivity index (χ4v) is 4.71. The van der Waals surface area contributed by atoms with Crippen LogP contribution in [0.3, 0.4) is 0 Å². The average molecular weight is 366 g/mol. The Morgan fingerprint density at radius 2 is 1.86 bits per heavy atom. The maximum Gasteiger partial charge on any atom is 0.0490 e. The number of anilines is 2. The van der Waals surface area contributed by atoms with Gasteiger partial charge in [0.25, 0.3) is 0 Å². The van der Waals surface area contributed by atoms with Crippen LogP contribution in [0.5, 0.6) is 0 Å². The van der Waals surface area contributed by atoms with E-state index in [9.17, 15) is 0 Å². The van der Waals surface area contributed by atoms with Gasteiger partial charge in [-0.2, -0.15) is 0 Å². The minimum absolute atomic E-state index is 0.558. The largest absolute Gasteiger partial charge is 0.311 e. The molecule has 0 aromatic heterocycles. The monoisotopic (exact) mass is 365 g/mol. The summed E-state index contributed by atoms with van der Waals surface area (Å²) in [5.74, 6) is 1.16. The van der Waals surface area contributed by atoms with Crippen LogP contribution in [-0.2, 0) is 6.42 Å². The van der Waals surface area contributed by atoms with E-state index in [0.717, 1.165) is 12.8 Å². The number of hydrogen-bond donors (Lipinski definition) is 0. The Morgan fingerprint density at radius 1 is 0.929 bits per heavy atom. The van der Waals surface area contributed by atoms with Gasteiger partial charge in [0.15, 0.2) is 0 Å². The summed E-state index contributed by atoms with van der Waals surface area (Å²) in [5.41, 5.74) is 7.94. The molecule has 1 heteroatoms. The fraction of sp³-hybridized carbons (Fsp3) is 0.259. The van der Waals surface area contributed by atoms with Crippen molar-refractivity contribution in [2.45, 2.75) is 32.6 Å². The van der Waals surface area contributed by atoms with Crippen molar-refractivity contribution in [3.8, 4) is 0 Å². The number of hydrogen-bond acceptors (Lipinski definition) is 1. The maximum atomic E-state index is 2.50. The third-order valence-electron chi connectivity index (χ3n) is 6.27. The summed E-state index contributed by atoms with van der Waals surface area (Å²) in [5, 5.41) is 0. The zero-order chi connectivity index (χ0) is 18.9. The van der Waals surface area contributed by atoms with Crippen molar-refractivity contribution >= 4 is 17.5 Å². The molecule has 0 N–H and O–H groups in total. The van der Waals surface area contributed by atoms with Crippen LogP contribution in [-0.4, -0.2) is 0 Å². The molecule has 0 radical (unpaired) electrons. The Hall–Kier alpha value is -2.80. The molecule has 0 saturated carbocycles. The van der Waals surface area contributed by atoms with Gasteiger partial charge in [0.05, 0.1) is 0 Å². The van der Waals surface area contributed by atoms with Crippen LogP contribution in [0.25, 0.3) is 6.08 Å². The Balaban J connectivity index is 1.62. The SMILES string of the molecule is Cc1ccccc1N(C1=CC2CCC=CC2C=C1)c1ccc2c(c1)C=CCC2. The highest BCUT2D eigenvalue weighted by Gasteiger charge is 2.25. The summed E-state index contributed by atoms with van der Waals surface area (Å²) in [7, 11) is 0. The molecule has 0 spiro atoms. The van der Waals surface area contributed by atoms with Gasteiger partial charge in [0.2, 0.25) is 0 Å². The summed E-state index contributed by atoms with van der Waals surface area (Å²) in [6.07, 6.45) is 21.2. The number of para-hydroxylation sites is 1. The number of rotatable bonds is 3. The molecule has 5 rings (SSSR count). The van der Waals surface area contributed by atoms with Gasteiger partial charge in [-0.05, 0) is 79.5 Å². The highest BCUT2D eigenvalue weighted by atomic mass is 15.1. The highest BCUT2D eigenvalue weighted by molar-refractivity contribution is 5.75. The lowest BCUT2D eigenvalue weighted by Gasteiger charge is -2.34. The van der Waals surface area contributed by atoms with Crippen molar-refractivity contribution in [2.75, 3.05) is 4.90 Å². The molecule has 0 bridgehead atoms. The molecular formula is C27H27N. The third-order valence-corrected chi connectivity index (χ3v) is 6.27. The fourth-order valence-electron chi connectivity index (χ4n) is 4.71. The Labute approximate surface area is 168 Å². The predicted octanol–water partition coefficient (Wildman–Crippen LogP) is 7.13. The van der Waals surface area contributed by atoms with Crippen molar-refractivity contribution in [1.29, 1.82) is 0 Å². The molecular weight excluding hydrogens is 338 g/mol.